The molecule has 1 aliphatic rings. The Hall–Kier alpha value is -2.15. The van der Waals surface area contributed by atoms with Gasteiger partial charge >= 0.3 is 0 Å². The number of hydrogen-bond donors (Lipinski definition) is 2. The van der Waals surface area contributed by atoms with Crippen molar-refractivity contribution in [2.45, 2.75) is 39.5 Å². The maximum atomic E-state index is 12.7. The van der Waals surface area contributed by atoms with Crippen LogP contribution in [0, 0.1) is 6.92 Å². The minimum absolute atomic E-state index is 0.0270. The van der Waals surface area contributed by atoms with Crippen molar-refractivity contribution in [1.29, 1.82) is 0 Å². The molecular weight excluding hydrogens is 396 g/mol. The Kier molecular flexibility index (Phi) is 5.46. The Labute approximate surface area is 161 Å². The van der Waals surface area contributed by atoms with Crippen LogP contribution in [-0.4, -0.2) is 40.0 Å². The number of rotatable bonds is 4. The second-order valence-corrected chi connectivity index (χ2v) is 7.68. The molecule has 0 bridgehead atoms. The molecule has 0 atom stereocenters. The summed E-state index contributed by atoms with van der Waals surface area (Å²) in [5.41, 5.74) is 3.22. The van der Waals surface area contributed by atoms with E-state index in [2.05, 4.69) is 31.4 Å². The average Bonchev–Trinajstić information content (AvgIpc) is 3.25. The second-order valence-electron chi connectivity index (χ2n) is 6.89. The summed E-state index contributed by atoms with van der Waals surface area (Å²) in [6.07, 6.45) is 2.10. The number of hydrogen-bond acceptors (Lipinski definition) is 3. The molecule has 3 rings (SSSR count). The van der Waals surface area contributed by atoms with E-state index in [1.165, 1.54) is 0 Å². The first-order valence-corrected chi connectivity index (χ1v) is 9.63. The fraction of sp³-hybridized carbons (Fsp3) is 0.421. The van der Waals surface area contributed by atoms with Crippen LogP contribution in [0.2, 0.25) is 0 Å². The lowest BCUT2D eigenvalue weighted by molar-refractivity contribution is 0.0791. The Bertz CT molecular complexity index is 838. The van der Waals surface area contributed by atoms with E-state index in [4.69, 9.17) is 0 Å². The molecule has 0 unspecified atom stereocenters. The van der Waals surface area contributed by atoms with Gasteiger partial charge in [0.1, 0.15) is 0 Å². The van der Waals surface area contributed by atoms with Gasteiger partial charge in [-0.2, -0.15) is 5.10 Å². The molecule has 0 radical (unpaired) electrons. The molecule has 0 aliphatic carbocycles. The van der Waals surface area contributed by atoms with E-state index < -0.39 is 0 Å². The van der Waals surface area contributed by atoms with Gasteiger partial charge in [0.05, 0.1) is 10.2 Å². The molecule has 1 fully saturated rings. The first-order valence-electron chi connectivity index (χ1n) is 8.84. The van der Waals surface area contributed by atoms with Gasteiger partial charge in [-0.1, -0.05) is 19.9 Å². The Morgan fingerprint density at radius 1 is 1.27 bits per heavy atom. The number of nitrogens with zero attached hydrogens (tertiary/aromatic N) is 2. The number of nitrogens with one attached hydrogen (secondary N) is 2. The smallest absolute Gasteiger partial charge is 0.277 e. The highest BCUT2D eigenvalue weighted by Crippen LogP contribution is 2.27. The van der Waals surface area contributed by atoms with Crippen molar-refractivity contribution in [2.75, 3.05) is 18.4 Å². The lowest BCUT2D eigenvalue weighted by atomic mass is 10.1. The monoisotopic (exact) mass is 418 g/mol. The third-order valence-corrected chi connectivity index (χ3v) is 5.53. The quantitative estimate of drug-likeness (QED) is 0.784. The minimum Gasteiger partial charge on any atom is -0.339 e. The van der Waals surface area contributed by atoms with Gasteiger partial charge in [-0.25, -0.2) is 0 Å². The summed E-state index contributed by atoms with van der Waals surface area (Å²) in [4.78, 5) is 27.2. The van der Waals surface area contributed by atoms with Gasteiger partial charge < -0.3 is 10.2 Å². The molecule has 2 amide bonds. The normalized spacial score (nSPS) is 14.1. The van der Waals surface area contributed by atoms with Crippen molar-refractivity contribution in [2.24, 2.45) is 0 Å². The molecule has 26 heavy (non-hydrogen) atoms. The Morgan fingerprint density at radius 3 is 2.58 bits per heavy atom. The molecule has 1 aromatic carbocycles. The van der Waals surface area contributed by atoms with Gasteiger partial charge in [0.2, 0.25) is 0 Å². The number of H-pyrrole nitrogens is 1. The molecule has 1 aliphatic heterocycles. The molecule has 7 heteroatoms. The zero-order valence-corrected chi connectivity index (χ0v) is 16.8. The van der Waals surface area contributed by atoms with Crippen molar-refractivity contribution in [3.8, 4) is 0 Å². The molecular formula is C19H23BrN4O2. The van der Waals surface area contributed by atoms with Crippen molar-refractivity contribution in [3.63, 3.8) is 0 Å². The van der Waals surface area contributed by atoms with E-state index in [0.29, 0.717) is 21.4 Å². The third-order valence-electron chi connectivity index (χ3n) is 4.73. The first kappa shape index (κ1) is 18.6. The van der Waals surface area contributed by atoms with Crippen LogP contribution in [0.3, 0.4) is 0 Å². The van der Waals surface area contributed by atoms with Gasteiger partial charge in [0.15, 0.2) is 5.69 Å². The molecule has 2 heterocycles. The van der Waals surface area contributed by atoms with E-state index in [0.717, 1.165) is 37.2 Å². The summed E-state index contributed by atoms with van der Waals surface area (Å²) in [6.45, 7) is 7.51. The molecule has 1 aromatic heterocycles. The van der Waals surface area contributed by atoms with Crippen molar-refractivity contribution in [1.82, 2.24) is 15.1 Å². The Morgan fingerprint density at radius 2 is 1.96 bits per heavy atom. The fourth-order valence-electron chi connectivity index (χ4n) is 3.15. The van der Waals surface area contributed by atoms with Gasteiger partial charge in [0.25, 0.3) is 11.8 Å². The van der Waals surface area contributed by atoms with Crippen LogP contribution in [0.5, 0.6) is 0 Å². The lowest BCUT2D eigenvalue weighted by Gasteiger charge is -2.18. The van der Waals surface area contributed by atoms with Crippen LogP contribution in [0.1, 0.15) is 64.7 Å². The number of amides is 2. The second kappa shape index (κ2) is 7.61. The van der Waals surface area contributed by atoms with E-state index in [-0.39, 0.29) is 17.7 Å². The number of aromatic amines is 1. The van der Waals surface area contributed by atoms with Crippen LogP contribution in [0.15, 0.2) is 22.7 Å². The fourth-order valence-corrected chi connectivity index (χ4v) is 3.96. The van der Waals surface area contributed by atoms with E-state index >= 15 is 0 Å². The highest BCUT2D eigenvalue weighted by molar-refractivity contribution is 9.10. The Balaban J connectivity index is 1.83. The maximum absolute atomic E-state index is 12.7. The number of carbonyl (C=O) groups excluding carboxylic acids is 2. The number of halogens is 1. The van der Waals surface area contributed by atoms with Crippen LogP contribution in [0.4, 0.5) is 5.69 Å². The molecule has 0 spiro atoms. The first-order chi connectivity index (χ1) is 12.4. The number of benzene rings is 1. The van der Waals surface area contributed by atoms with Gasteiger partial charge in [-0.05, 0) is 59.3 Å². The third kappa shape index (κ3) is 3.53. The summed E-state index contributed by atoms with van der Waals surface area (Å²) in [5, 5.41) is 9.91. The lowest BCUT2D eigenvalue weighted by Crippen LogP contribution is -2.28. The summed E-state index contributed by atoms with van der Waals surface area (Å²) in [5.74, 6) is -0.0605. The van der Waals surface area contributed by atoms with E-state index in [9.17, 15) is 9.59 Å². The summed E-state index contributed by atoms with van der Waals surface area (Å²) < 4.78 is 0.673. The summed E-state index contributed by atoms with van der Waals surface area (Å²) in [7, 11) is 0. The number of anilines is 1. The molecule has 0 saturated carbocycles. The van der Waals surface area contributed by atoms with Gasteiger partial charge in [0, 0.05) is 24.3 Å². The predicted molar refractivity (Wildman–Crippen MR) is 105 cm³/mol. The van der Waals surface area contributed by atoms with Crippen LogP contribution in [0.25, 0.3) is 0 Å². The summed E-state index contributed by atoms with van der Waals surface area (Å²) >= 11 is 3.45. The van der Waals surface area contributed by atoms with Crippen LogP contribution in [-0.2, 0) is 0 Å². The topological polar surface area (TPSA) is 78.1 Å². The SMILES string of the molecule is Cc1c(NC(=O)c2n[nH]c(C(C)C)c2Br)cccc1C(=O)N1CCCC1. The number of likely N-dealkylation sites (tertiary alicyclic amines) is 1. The molecule has 1 saturated heterocycles. The summed E-state index contributed by atoms with van der Waals surface area (Å²) in [6, 6.07) is 5.41. The van der Waals surface area contributed by atoms with Crippen molar-refractivity contribution in [3.05, 3.63) is 45.2 Å². The number of aromatic nitrogens is 2. The minimum atomic E-state index is -0.311. The van der Waals surface area contributed by atoms with Gasteiger partial charge in [-0.15, -0.1) is 0 Å². The van der Waals surface area contributed by atoms with Crippen LogP contribution < -0.4 is 5.32 Å². The zero-order chi connectivity index (χ0) is 18.8. The van der Waals surface area contributed by atoms with Gasteiger partial charge in [-0.3, -0.25) is 14.7 Å². The highest BCUT2D eigenvalue weighted by atomic mass is 79.9. The zero-order valence-electron chi connectivity index (χ0n) is 15.2. The highest BCUT2D eigenvalue weighted by Gasteiger charge is 2.23. The molecule has 138 valence electrons. The van der Waals surface area contributed by atoms with Crippen molar-refractivity contribution >= 4 is 33.4 Å². The predicted octanol–water partition coefficient (Wildman–Crippen LogP) is 4.09. The molecule has 6 nitrogen and oxygen atoms in total. The van der Waals surface area contributed by atoms with Crippen molar-refractivity contribution < 1.29 is 9.59 Å². The maximum Gasteiger partial charge on any atom is 0.277 e. The standard InChI is InChI=1S/C19H23BrN4O2/c1-11(2)16-15(20)17(23-22-16)18(25)21-14-8-6-7-13(12(14)3)19(26)24-9-4-5-10-24/h6-8,11H,4-5,9-10H2,1-3H3,(H,21,25)(H,22,23). The van der Waals surface area contributed by atoms with Crippen LogP contribution >= 0.6 is 15.9 Å². The molecule has 2 N–H and O–H groups in total. The number of carbonyl (C=O) groups is 2. The average molecular weight is 419 g/mol. The molecule has 2 aromatic rings. The van der Waals surface area contributed by atoms with E-state index in [1.54, 1.807) is 12.1 Å². The largest absolute Gasteiger partial charge is 0.339 e. The van der Waals surface area contributed by atoms with E-state index in [1.807, 2.05) is 31.7 Å².